The van der Waals surface area contributed by atoms with E-state index in [-0.39, 0.29) is 30.1 Å². The van der Waals surface area contributed by atoms with E-state index < -0.39 is 0 Å². The summed E-state index contributed by atoms with van der Waals surface area (Å²) in [6.07, 6.45) is 4.68. The molecule has 0 aromatic heterocycles. The molecule has 1 aromatic rings. The molecule has 2 unspecified atom stereocenters. The minimum Gasteiger partial charge on any atom is -0.356 e. The van der Waals surface area contributed by atoms with Crippen molar-refractivity contribution in [3.05, 3.63) is 29.8 Å². The Balaban J connectivity index is 0.00000243. The van der Waals surface area contributed by atoms with Gasteiger partial charge in [-0.05, 0) is 56.3 Å². The lowest BCUT2D eigenvalue weighted by atomic mass is 9.96. The van der Waals surface area contributed by atoms with Gasteiger partial charge in [0, 0.05) is 25.2 Å². The van der Waals surface area contributed by atoms with Crippen LogP contribution in [-0.2, 0) is 16.0 Å². The van der Waals surface area contributed by atoms with Gasteiger partial charge >= 0.3 is 0 Å². The third-order valence-electron chi connectivity index (χ3n) is 5.41. The largest absolute Gasteiger partial charge is 0.356 e. The molecule has 6 heteroatoms. The van der Waals surface area contributed by atoms with Gasteiger partial charge in [-0.2, -0.15) is 0 Å². The minimum absolute atomic E-state index is 0. The first-order chi connectivity index (χ1) is 12.2. The number of piperidine rings is 1. The number of nitrogens with one attached hydrogen (secondary N) is 2. The van der Waals surface area contributed by atoms with Crippen molar-refractivity contribution in [2.24, 2.45) is 11.8 Å². The third kappa shape index (κ3) is 4.98. The van der Waals surface area contributed by atoms with Crippen molar-refractivity contribution in [1.29, 1.82) is 0 Å². The lowest BCUT2D eigenvalue weighted by Crippen LogP contribution is -2.36. The van der Waals surface area contributed by atoms with Crippen LogP contribution in [0.4, 0.5) is 5.69 Å². The van der Waals surface area contributed by atoms with E-state index in [1.165, 1.54) is 12.8 Å². The summed E-state index contributed by atoms with van der Waals surface area (Å²) in [5.41, 5.74) is 2.11. The van der Waals surface area contributed by atoms with Crippen LogP contribution in [-0.4, -0.2) is 38.0 Å². The number of rotatable bonds is 6. The van der Waals surface area contributed by atoms with Crippen LogP contribution < -0.4 is 15.5 Å². The van der Waals surface area contributed by atoms with Crippen molar-refractivity contribution >= 4 is 29.9 Å². The van der Waals surface area contributed by atoms with Gasteiger partial charge < -0.3 is 15.5 Å². The molecule has 0 radical (unpaired) electrons. The van der Waals surface area contributed by atoms with Gasteiger partial charge in [0.25, 0.3) is 0 Å². The first-order valence-corrected chi connectivity index (χ1v) is 9.55. The predicted molar refractivity (Wildman–Crippen MR) is 107 cm³/mol. The van der Waals surface area contributed by atoms with Gasteiger partial charge in [0.15, 0.2) is 0 Å². The molecule has 2 amide bonds. The Morgan fingerprint density at radius 2 is 2.15 bits per heavy atom. The van der Waals surface area contributed by atoms with Crippen LogP contribution in [0, 0.1) is 11.8 Å². The highest BCUT2D eigenvalue weighted by molar-refractivity contribution is 6.00. The maximum Gasteiger partial charge on any atom is 0.227 e. The molecular weight excluding hydrogens is 350 g/mol. The number of carbonyl (C=O) groups is 2. The van der Waals surface area contributed by atoms with E-state index in [9.17, 15) is 9.59 Å². The highest BCUT2D eigenvalue weighted by Crippen LogP contribution is 2.28. The van der Waals surface area contributed by atoms with Crippen molar-refractivity contribution in [3.63, 3.8) is 0 Å². The van der Waals surface area contributed by atoms with Crippen molar-refractivity contribution in [2.75, 3.05) is 31.1 Å². The molecule has 5 nitrogen and oxygen atoms in total. The number of anilines is 1. The van der Waals surface area contributed by atoms with Gasteiger partial charge in [0.1, 0.15) is 0 Å². The van der Waals surface area contributed by atoms with Crippen LogP contribution in [0.5, 0.6) is 0 Å². The highest BCUT2D eigenvalue weighted by Gasteiger charge is 2.35. The van der Waals surface area contributed by atoms with Crippen LogP contribution in [0.2, 0.25) is 0 Å². The van der Waals surface area contributed by atoms with Gasteiger partial charge in [0.2, 0.25) is 11.8 Å². The Hall–Kier alpha value is -1.59. The molecule has 2 N–H and O–H groups in total. The topological polar surface area (TPSA) is 61.4 Å². The standard InChI is InChI=1S/C20H29N3O2.ClH/c1-2-16-7-3-4-8-18(16)23-14-17(12-19(23)24)20(25)22-11-9-15-6-5-10-21-13-15;/h3-4,7-8,15,17,21H,2,5-6,9-14H2,1H3,(H,22,25);1H. The second-order valence-electron chi connectivity index (χ2n) is 7.18. The van der Waals surface area contributed by atoms with Crippen LogP contribution in [0.1, 0.15) is 38.2 Å². The van der Waals surface area contributed by atoms with E-state index >= 15 is 0 Å². The van der Waals surface area contributed by atoms with E-state index in [0.717, 1.165) is 37.2 Å². The zero-order chi connectivity index (χ0) is 17.6. The maximum atomic E-state index is 12.5. The summed E-state index contributed by atoms with van der Waals surface area (Å²) < 4.78 is 0. The fourth-order valence-corrected chi connectivity index (χ4v) is 3.90. The molecule has 0 saturated carbocycles. The van der Waals surface area contributed by atoms with Crippen LogP contribution in [0.25, 0.3) is 0 Å². The molecule has 2 aliphatic heterocycles. The number of amides is 2. The molecule has 0 spiro atoms. The number of hydrogen-bond acceptors (Lipinski definition) is 3. The summed E-state index contributed by atoms with van der Waals surface area (Å²) in [6, 6.07) is 7.97. The minimum atomic E-state index is -0.234. The molecule has 26 heavy (non-hydrogen) atoms. The molecule has 2 fully saturated rings. The highest BCUT2D eigenvalue weighted by atomic mass is 35.5. The third-order valence-corrected chi connectivity index (χ3v) is 5.41. The number of nitrogens with zero attached hydrogens (tertiary/aromatic N) is 1. The second kappa shape index (κ2) is 9.93. The van der Waals surface area contributed by atoms with Gasteiger partial charge in [-0.25, -0.2) is 0 Å². The summed E-state index contributed by atoms with van der Waals surface area (Å²) in [4.78, 5) is 26.7. The number of para-hydroxylation sites is 1. The first-order valence-electron chi connectivity index (χ1n) is 9.55. The Bertz CT molecular complexity index is 617. The Morgan fingerprint density at radius 3 is 2.88 bits per heavy atom. The summed E-state index contributed by atoms with van der Waals surface area (Å²) in [5.74, 6) is 0.500. The average Bonchev–Trinajstić information content (AvgIpc) is 3.04. The van der Waals surface area contributed by atoms with E-state index in [4.69, 9.17) is 0 Å². The average molecular weight is 380 g/mol. The monoisotopic (exact) mass is 379 g/mol. The van der Waals surface area contributed by atoms with E-state index in [1.54, 1.807) is 4.90 Å². The van der Waals surface area contributed by atoms with Crippen LogP contribution >= 0.6 is 12.4 Å². The van der Waals surface area contributed by atoms with Crippen molar-refractivity contribution in [3.8, 4) is 0 Å². The molecule has 0 aliphatic carbocycles. The lowest BCUT2D eigenvalue weighted by Gasteiger charge is -2.23. The molecule has 1 aromatic carbocycles. The van der Waals surface area contributed by atoms with E-state index in [2.05, 4.69) is 17.6 Å². The Labute approximate surface area is 162 Å². The molecule has 2 aliphatic rings. The SMILES string of the molecule is CCc1ccccc1N1CC(C(=O)NCCC2CCCNC2)CC1=O.Cl. The zero-order valence-corrected chi connectivity index (χ0v) is 16.3. The first kappa shape index (κ1) is 20.7. The number of halogens is 1. The van der Waals surface area contributed by atoms with Gasteiger partial charge in [-0.15, -0.1) is 12.4 Å². The number of hydrogen-bond donors (Lipinski definition) is 2. The zero-order valence-electron chi connectivity index (χ0n) is 15.5. The van der Waals surface area contributed by atoms with Crippen molar-refractivity contribution in [2.45, 2.75) is 39.0 Å². The second-order valence-corrected chi connectivity index (χ2v) is 7.18. The Kier molecular flexibility index (Phi) is 7.91. The van der Waals surface area contributed by atoms with Gasteiger partial charge in [-0.3, -0.25) is 9.59 Å². The molecule has 2 atom stereocenters. The summed E-state index contributed by atoms with van der Waals surface area (Å²) >= 11 is 0. The van der Waals surface area contributed by atoms with Gasteiger partial charge in [0.05, 0.1) is 5.92 Å². The molecule has 3 rings (SSSR count). The summed E-state index contributed by atoms with van der Waals surface area (Å²) in [6.45, 7) is 5.46. The number of aryl methyl sites for hydroxylation is 1. The van der Waals surface area contributed by atoms with Crippen molar-refractivity contribution < 1.29 is 9.59 Å². The lowest BCUT2D eigenvalue weighted by molar-refractivity contribution is -0.126. The van der Waals surface area contributed by atoms with E-state index in [0.29, 0.717) is 25.4 Å². The van der Waals surface area contributed by atoms with Crippen LogP contribution in [0.15, 0.2) is 24.3 Å². The smallest absolute Gasteiger partial charge is 0.227 e. The Morgan fingerprint density at radius 1 is 1.35 bits per heavy atom. The van der Waals surface area contributed by atoms with Crippen LogP contribution in [0.3, 0.4) is 0 Å². The maximum absolute atomic E-state index is 12.5. The number of carbonyl (C=O) groups excluding carboxylic acids is 2. The quantitative estimate of drug-likeness (QED) is 0.798. The summed E-state index contributed by atoms with van der Waals surface area (Å²) in [5, 5.41) is 6.45. The molecule has 144 valence electrons. The predicted octanol–water partition coefficient (Wildman–Crippen LogP) is 2.53. The fourth-order valence-electron chi connectivity index (χ4n) is 3.90. The molecule has 2 saturated heterocycles. The molecule has 2 heterocycles. The number of benzene rings is 1. The summed E-state index contributed by atoms with van der Waals surface area (Å²) in [7, 11) is 0. The van der Waals surface area contributed by atoms with E-state index in [1.807, 2.05) is 24.3 Å². The van der Waals surface area contributed by atoms with Gasteiger partial charge in [-0.1, -0.05) is 25.1 Å². The van der Waals surface area contributed by atoms with Crippen molar-refractivity contribution in [1.82, 2.24) is 10.6 Å². The normalized spacial score (nSPS) is 22.8. The molecular formula is C20H30ClN3O2. The fraction of sp³-hybridized carbons (Fsp3) is 0.600. The molecule has 0 bridgehead atoms.